The van der Waals surface area contributed by atoms with Crippen molar-refractivity contribution < 1.29 is 13.2 Å². The van der Waals surface area contributed by atoms with Gasteiger partial charge in [-0.15, -0.1) is 22.7 Å². The minimum atomic E-state index is -3.51. The van der Waals surface area contributed by atoms with Crippen LogP contribution in [0.25, 0.3) is 10.2 Å². The molecule has 2 aromatic heterocycles. The van der Waals surface area contributed by atoms with Crippen LogP contribution >= 0.6 is 22.7 Å². The molecule has 0 radical (unpaired) electrons. The third kappa shape index (κ3) is 3.39. The van der Waals surface area contributed by atoms with Gasteiger partial charge in [0.05, 0.1) is 21.6 Å². The summed E-state index contributed by atoms with van der Waals surface area (Å²) in [6, 6.07) is 8.92. The normalized spacial score (nSPS) is 18.8. The van der Waals surface area contributed by atoms with Crippen LogP contribution in [0.2, 0.25) is 0 Å². The highest BCUT2D eigenvalue weighted by atomic mass is 32.2. The molecule has 3 aromatic rings. The van der Waals surface area contributed by atoms with Gasteiger partial charge in [-0.2, -0.15) is 4.31 Å². The van der Waals surface area contributed by atoms with E-state index in [0.29, 0.717) is 29.3 Å². The summed E-state index contributed by atoms with van der Waals surface area (Å²) in [4.78, 5) is 16.9. The second kappa shape index (κ2) is 7.07. The summed E-state index contributed by atoms with van der Waals surface area (Å²) in [5, 5.41) is 4.67. The van der Waals surface area contributed by atoms with Crippen LogP contribution in [-0.2, 0) is 14.8 Å². The van der Waals surface area contributed by atoms with Crippen molar-refractivity contribution in [1.82, 2.24) is 9.29 Å². The summed E-state index contributed by atoms with van der Waals surface area (Å²) in [5.41, 5.74) is 3.38. The first-order valence-corrected chi connectivity index (χ1v) is 11.4. The molecule has 1 aliphatic rings. The molecule has 136 valence electrons. The van der Waals surface area contributed by atoms with E-state index in [-0.39, 0.29) is 18.4 Å². The van der Waals surface area contributed by atoms with E-state index >= 15 is 0 Å². The highest BCUT2D eigenvalue weighted by molar-refractivity contribution is 7.91. The molecule has 26 heavy (non-hydrogen) atoms. The van der Waals surface area contributed by atoms with Crippen molar-refractivity contribution >= 4 is 54.5 Å². The zero-order valence-electron chi connectivity index (χ0n) is 13.8. The number of hydrogen-bond donors (Lipinski definition) is 1. The maximum atomic E-state index is 12.7. The Labute approximate surface area is 159 Å². The largest absolute Gasteiger partial charge is 0.326 e. The van der Waals surface area contributed by atoms with Crippen LogP contribution in [0, 0.1) is 5.92 Å². The second-order valence-corrected chi connectivity index (χ2v) is 10.2. The Balaban J connectivity index is 1.47. The van der Waals surface area contributed by atoms with E-state index in [1.54, 1.807) is 23.0 Å². The number of piperidine rings is 1. The fourth-order valence-electron chi connectivity index (χ4n) is 3.09. The highest BCUT2D eigenvalue weighted by Gasteiger charge is 2.33. The van der Waals surface area contributed by atoms with Gasteiger partial charge in [-0.25, -0.2) is 13.4 Å². The predicted molar refractivity (Wildman–Crippen MR) is 104 cm³/mol. The molecule has 1 atom stereocenters. The van der Waals surface area contributed by atoms with E-state index in [1.807, 2.05) is 18.2 Å². The fraction of sp³-hybridized carbons (Fsp3) is 0.294. The number of carbonyl (C=O) groups is 1. The Morgan fingerprint density at radius 1 is 1.27 bits per heavy atom. The van der Waals surface area contributed by atoms with Gasteiger partial charge in [-0.05, 0) is 42.5 Å². The lowest BCUT2D eigenvalue weighted by atomic mass is 9.99. The lowest BCUT2D eigenvalue weighted by Gasteiger charge is -2.30. The first-order chi connectivity index (χ1) is 12.5. The number of aromatic nitrogens is 1. The number of sulfonamides is 1. The van der Waals surface area contributed by atoms with Gasteiger partial charge < -0.3 is 5.32 Å². The summed E-state index contributed by atoms with van der Waals surface area (Å²) in [6.45, 7) is 0.672. The SMILES string of the molecule is O=C(Nc1ccc2ncsc2c1)C1CCCN(S(=O)(=O)c2cccs2)C1. The van der Waals surface area contributed by atoms with E-state index in [9.17, 15) is 13.2 Å². The van der Waals surface area contributed by atoms with Gasteiger partial charge in [0.2, 0.25) is 5.91 Å². The molecular formula is C17H17N3O3S3. The third-order valence-corrected chi connectivity index (χ3v) is 8.47. The predicted octanol–water partition coefficient (Wildman–Crippen LogP) is 3.40. The number of nitrogens with zero attached hydrogens (tertiary/aromatic N) is 2. The second-order valence-electron chi connectivity index (χ2n) is 6.16. The monoisotopic (exact) mass is 407 g/mol. The summed E-state index contributed by atoms with van der Waals surface area (Å²) >= 11 is 2.72. The summed E-state index contributed by atoms with van der Waals surface area (Å²) in [5.74, 6) is -0.490. The zero-order valence-corrected chi connectivity index (χ0v) is 16.2. The van der Waals surface area contributed by atoms with Crippen molar-refractivity contribution in [3.63, 3.8) is 0 Å². The first kappa shape index (κ1) is 17.6. The minimum Gasteiger partial charge on any atom is -0.326 e. The Bertz CT molecular complexity index is 1030. The number of carbonyl (C=O) groups excluding carboxylic acids is 1. The molecule has 1 aliphatic heterocycles. The zero-order chi connectivity index (χ0) is 18.1. The lowest BCUT2D eigenvalue weighted by molar-refractivity contribution is -0.120. The number of rotatable bonds is 4. The van der Waals surface area contributed by atoms with Crippen molar-refractivity contribution in [2.45, 2.75) is 17.1 Å². The van der Waals surface area contributed by atoms with E-state index in [2.05, 4.69) is 10.3 Å². The highest BCUT2D eigenvalue weighted by Crippen LogP contribution is 2.28. The van der Waals surface area contributed by atoms with Gasteiger partial charge in [-0.1, -0.05) is 6.07 Å². The molecule has 6 nitrogen and oxygen atoms in total. The number of hydrogen-bond acceptors (Lipinski definition) is 6. The number of nitrogens with one attached hydrogen (secondary N) is 1. The molecule has 1 aromatic carbocycles. The average Bonchev–Trinajstić information content (AvgIpc) is 3.33. The van der Waals surface area contributed by atoms with Crippen LogP contribution in [0.15, 0.2) is 45.4 Å². The van der Waals surface area contributed by atoms with Crippen LogP contribution < -0.4 is 5.32 Å². The van der Waals surface area contributed by atoms with E-state index < -0.39 is 10.0 Å². The molecular weight excluding hydrogens is 390 g/mol. The molecule has 4 rings (SSSR count). The van der Waals surface area contributed by atoms with Crippen molar-refractivity contribution in [2.24, 2.45) is 5.92 Å². The smallest absolute Gasteiger partial charge is 0.252 e. The van der Waals surface area contributed by atoms with Crippen molar-refractivity contribution in [2.75, 3.05) is 18.4 Å². The Kier molecular flexibility index (Phi) is 4.78. The van der Waals surface area contributed by atoms with Gasteiger partial charge in [0, 0.05) is 18.8 Å². The molecule has 1 unspecified atom stereocenters. The van der Waals surface area contributed by atoms with Crippen LogP contribution in [0.3, 0.4) is 0 Å². The topological polar surface area (TPSA) is 79.4 Å². The summed E-state index contributed by atoms with van der Waals surface area (Å²) < 4.78 is 28.1. The summed E-state index contributed by atoms with van der Waals surface area (Å²) in [7, 11) is -3.51. The maximum Gasteiger partial charge on any atom is 0.252 e. The lowest BCUT2D eigenvalue weighted by Crippen LogP contribution is -2.43. The minimum absolute atomic E-state index is 0.139. The standard InChI is InChI=1S/C17H17N3O3S3/c21-17(19-13-5-6-14-15(9-13)25-11-18-14)12-3-1-7-20(10-12)26(22,23)16-4-2-8-24-16/h2,4-6,8-9,11-12H,1,3,7,10H2,(H,19,21). The van der Waals surface area contributed by atoms with Gasteiger partial charge >= 0.3 is 0 Å². The Morgan fingerprint density at radius 2 is 2.15 bits per heavy atom. The molecule has 0 spiro atoms. The van der Waals surface area contributed by atoms with E-state index in [0.717, 1.165) is 10.2 Å². The molecule has 3 heterocycles. The molecule has 1 amide bonds. The Hall–Kier alpha value is -1.81. The molecule has 0 bridgehead atoms. The van der Waals surface area contributed by atoms with Gasteiger partial charge in [0.1, 0.15) is 4.21 Å². The number of thiazole rings is 1. The van der Waals surface area contributed by atoms with Crippen LogP contribution in [0.4, 0.5) is 5.69 Å². The van der Waals surface area contributed by atoms with Crippen LogP contribution in [0.5, 0.6) is 0 Å². The fourth-order valence-corrected chi connectivity index (χ4v) is 6.47. The maximum absolute atomic E-state index is 12.7. The summed E-state index contributed by atoms with van der Waals surface area (Å²) in [6.07, 6.45) is 1.36. The van der Waals surface area contributed by atoms with Crippen molar-refractivity contribution in [3.05, 3.63) is 41.2 Å². The third-order valence-electron chi connectivity index (χ3n) is 4.44. The average molecular weight is 408 g/mol. The molecule has 0 saturated carbocycles. The number of fused-ring (bicyclic) bond motifs is 1. The number of benzene rings is 1. The van der Waals surface area contributed by atoms with E-state index in [1.165, 1.54) is 27.0 Å². The van der Waals surface area contributed by atoms with Crippen LogP contribution in [-0.4, -0.2) is 36.7 Å². The first-order valence-electron chi connectivity index (χ1n) is 8.22. The number of amides is 1. The quantitative estimate of drug-likeness (QED) is 0.719. The number of anilines is 1. The Morgan fingerprint density at radius 3 is 2.96 bits per heavy atom. The molecule has 0 aliphatic carbocycles. The van der Waals surface area contributed by atoms with Gasteiger partial charge in [0.15, 0.2) is 0 Å². The number of thiophene rings is 1. The van der Waals surface area contributed by atoms with Crippen molar-refractivity contribution in [3.8, 4) is 0 Å². The van der Waals surface area contributed by atoms with Crippen LogP contribution in [0.1, 0.15) is 12.8 Å². The van der Waals surface area contributed by atoms with E-state index in [4.69, 9.17) is 0 Å². The molecule has 1 fully saturated rings. The van der Waals surface area contributed by atoms with Gasteiger partial charge in [0.25, 0.3) is 10.0 Å². The van der Waals surface area contributed by atoms with Gasteiger partial charge in [-0.3, -0.25) is 4.79 Å². The van der Waals surface area contributed by atoms with Crippen molar-refractivity contribution in [1.29, 1.82) is 0 Å². The molecule has 1 saturated heterocycles. The molecule has 1 N–H and O–H groups in total. The molecule has 9 heteroatoms.